The predicted molar refractivity (Wildman–Crippen MR) is 123 cm³/mol. The van der Waals surface area contributed by atoms with Crippen LogP contribution in [0, 0.1) is 0 Å². The fourth-order valence-electron chi connectivity index (χ4n) is 2.76. The van der Waals surface area contributed by atoms with Crippen LogP contribution in [-0.4, -0.2) is 29.9 Å². The van der Waals surface area contributed by atoms with Gasteiger partial charge in [-0.3, -0.25) is 14.5 Å². The number of esters is 1. The van der Waals surface area contributed by atoms with Crippen LogP contribution >= 0.6 is 35.6 Å². The number of hydrogen-bond acceptors (Lipinski definition) is 7. The minimum absolute atomic E-state index is 0.256. The van der Waals surface area contributed by atoms with E-state index in [1.54, 1.807) is 42.5 Å². The molecule has 6 nitrogen and oxygen atoms in total. The molecule has 1 amide bonds. The van der Waals surface area contributed by atoms with Gasteiger partial charge in [0.2, 0.25) is 0 Å². The molecule has 1 saturated heterocycles. The Balaban J connectivity index is 1.90. The first kappa shape index (κ1) is 22.1. The lowest BCUT2D eigenvalue weighted by atomic mass is 10.1. The molecule has 2 aromatic carbocycles. The van der Waals surface area contributed by atoms with E-state index in [0.717, 1.165) is 0 Å². The first-order valence-electron chi connectivity index (χ1n) is 8.90. The average molecular weight is 464 g/mol. The Hall–Kier alpha value is -2.55. The summed E-state index contributed by atoms with van der Waals surface area (Å²) >= 11 is 12.8. The molecule has 9 heteroatoms. The van der Waals surface area contributed by atoms with Crippen molar-refractivity contribution >= 4 is 63.5 Å². The molecule has 0 saturated carbocycles. The van der Waals surface area contributed by atoms with Gasteiger partial charge in [-0.2, -0.15) is 0 Å². The number of carbonyl (C=O) groups is 2. The second-order valence-corrected chi connectivity index (χ2v) is 8.15. The summed E-state index contributed by atoms with van der Waals surface area (Å²) in [5, 5.41) is 0.385. The van der Waals surface area contributed by atoms with Gasteiger partial charge in [0.25, 0.3) is 5.91 Å². The van der Waals surface area contributed by atoms with Gasteiger partial charge >= 0.3 is 5.97 Å². The monoisotopic (exact) mass is 463 g/mol. The third kappa shape index (κ3) is 4.77. The van der Waals surface area contributed by atoms with Gasteiger partial charge in [-0.1, -0.05) is 41.6 Å². The van der Waals surface area contributed by atoms with Gasteiger partial charge in [-0.05, 0) is 48.9 Å². The summed E-state index contributed by atoms with van der Waals surface area (Å²) in [4.78, 5) is 26.1. The smallest absolute Gasteiger partial charge is 0.308 e. The average Bonchev–Trinajstić information content (AvgIpc) is 2.97. The molecule has 1 heterocycles. The van der Waals surface area contributed by atoms with Crippen LogP contribution in [0.5, 0.6) is 17.2 Å². The highest BCUT2D eigenvalue weighted by Gasteiger charge is 2.33. The minimum Gasteiger partial charge on any atom is -0.495 e. The molecular weight excluding hydrogens is 446 g/mol. The van der Waals surface area contributed by atoms with Crippen LogP contribution in [0.2, 0.25) is 5.02 Å². The van der Waals surface area contributed by atoms with E-state index in [1.807, 2.05) is 6.92 Å². The molecule has 3 rings (SSSR count). The summed E-state index contributed by atoms with van der Waals surface area (Å²) < 4.78 is 16.3. The summed E-state index contributed by atoms with van der Waals surface area (Å²) in [5.41, 5.74) is 1.27. The van der Waals surface area contributed by atoms with Crippen molar-refractivity contribution in [1.82, 2.24) is 0 Å². The third-order valence-corrected chi connectivity index (χ3v) is 5.60. The van der Waals surface area contributed by atoms with Gasteiger partial charge in [-0.25, -0.2) is 0 Å². The number of rotatable bonds is 6. The normalized spacial score (nSPS) is 14.9. The van der Waals surface area contributed by atoms with Crippen molar-refractivity contribution in [3.05, 3.63) is 51.9 Å². The highest BCUT2D eigenvalue weighted by atomic mass is 35.5. The Morgan fingerprint density at radius 3 is 2.57 bits per heavy atom. The molecule has 1 aliphatic rings. The number of ether oxygens (including phenoxy) is 3. The van der Waals surface area contributed by atoms with E-state index in [0.29, 0.717) is 49.4 Å². The lowest BCUT2D eigenvalue weighted by Gasteiger charge is -2.15. The molecule has 0 aliphatic carbocycles. The van der Waals surface area contributed by atoms with E-state index in [4.69, 9.17) is 38.0 Å². The zero-order chi connectivity index (χ0) is 21.8. The number of nitrogens with zero attached hydrogens (tertiary/aromatic N) is 1. The van der Waals surface area contributed by atoms with Gasteiger partial charge in [0, 0.05) is 6.92 Å². The second-order valence-electron chi connectivity index (χ2n) is 6.07. The zero-order valence-corrected chi connectivity index (χ0v) is 18.8. The number of thiocarbonyl (C=S) groups is 1. The summed E-state index contributed by atoms with van der Waals surface area (Å²) in [6, 6.07) is 10.1. The maximum atomic E-state index is 13.0. The molecule has 0 atom stereocenters. The number of carbonyl (C=O) groups excluding carboxylic acids is 2. The Morgan fingerprint density at radius 1 is 1.20 bits per heavy atom. The Labute approximate surface area is 188 Å². The highest BCUT2D eigenvalue weighted by Crippen LogP contribution is 2.39. The van der Waals surface area contributed by atoms with Crippen molar-refractivity contribution in [2.24, 2.45) is 0 Å². The summed E-state index contributed by atoms with van der Waals surface area (Å²) in [5.74, 6) is 0.550. The molecule has 0 radical (unpaired) electrons. The van der Waals surface area contributed by atoms with E-state index in [2.05, 4.69) is 0 Å². The van der Waals surface area contributed by atoms with Crippen molar-refractivity contribution in [2.75, 3.05) is 18.6 Å². The SMILES string of the molecule is CCOc1cc(/C=C2/SC(=S)N(c3ccc(OC)c(Cl)c3)C2=O)ccc1OC(C)=O. The maximum absolute atomic E-state index is 13.0. The zero-order valence-electron chi connectivity index (χ0n) is 16.4. The quantitative estimate of drug-likeness (QED) is 0.256. The highest BCUT2D eigenvalue weighted by molar-refractivity contribution is 8.27. The van der Waals surface area contributed by atoms with Crippen molar-refractivity contribution in [2.45, 2.75) is 13.8 Å². The number of hydrogen-bond donors (Lipinski definition) is 0. The molecule has 156 valence electrons. The maximum Gasteiger partial charge on any atom is 0.308 e. The first-order valence-corrected chi connectivity index (χ1v) is 10.5. The van der Waals surface area contributed by atoms with Crippen LogP contribution in [0.15, 0.2) is 41.3 Å². The summed E-state index contributed by atoms with van der Waals surface area (Å²) in [7, 11) is 1.52. The van der Waals surface area contributed by atoms with E-state index in [9.17, 15) is 9.59 Å². The third-order valence-electron chi connectivity index (χ3n) is 4.01. The number of benzene rings is 2. The van der Waals surface area contributed by atoms with Crippen molar-refractivity contribution < 1.29 is 23.8 Å². The van der Waals surface area contributed by atoms with Crippen LogP contribution < -0.4 is 19.1 Å². The van der Waals surface area contributed by atoms with Gasteiger partial charge in [0.1, 0.15) is 5.75 Å². The van der Waals surface area contributed by atoms with Crippen LogP contribution in [0.1, 0.15) is 19.4 Å². The molecular formula is C21H18ClNO5S2. The Kier molecular flexibility index (Phi) is 7.02. The van der Waals surface area contributed by atoms with E-state index in [1.165, 1.54) is 30.7 Å². The van der Waals surface area contributed by atoms with E-state index < -0.39 is 5.97 Å². The molecule has 0 spiro atoms. The van der Waals surface area contributed by atoms with E-state index >= 15 is 0 Å². The van der Waals surface area contributed by atoms with Crippen molar-refractivity contribution in [3.63, 3.8) is 0 Å². The van der Waals surface area contributed by atoms with Crippen LogP contribution in [0.4, 0.5) is 5.69 Å². The van der Waals surface area contributed by atoms with Gasteiger partial charge in [0.05, 0.1) is 29.3 Å². The molecule has 1 fully saturated rings. The lowest BCUT2D eigenvalue weighted by Crippen LogP contribution is -2.27. The van der Waals surface area contributed by atoms with Crippen molar-refractivity contribution in [1.29, 1.82) is 0 Å². The number of halogens is 1. The molecule has 2 aromatic rings. The van der Waals surface area contributed by atoms with Crippen LogP contribution in [0.25, 0.3) is 6.08 Å². The molecule has 30 heavy (non-hydrogen) atoms. The van der Waals surface area contributed by atoms with Gasteiger partial charge in [-0.15, -0.1) is 0 Å². The lowest BCUT2D eigenvalue weighted by molar-refractivity contribution is -0.132. The molecule has 0 unspecified atom stereocenters. The fourth-order valence-corrected chi connectivity index (χ4v) is 4.31. The number of amides is 1. The Morgan fingerprint density at radius 2 is 1.93 bits per heavy atom. The van der Waals surface area contributed by atoms with Gasteiger partial charge < -0.3 is 14.2 Å². The Bertz CT molecular complexity index is 1050. The topological polar surface area (TPSA) is 65.1 Å². The van der Waals surface area contributed by atoms with Gasteiger partial charge in [0.15, 0.2) is 15.8 Å². The van der Waals surface area contributed by atoms with Crippen molar-refractivity contribution in [3.8, 4) is 17.2 Å². The minimum atomic E-state index is -0.442. The number of anilines is 1. The number of thioether (sulfide) groups is 1. The molecule has 0 N–H and O–H groups in total. The van der Waals surface area contributed by atoms with Crippen LogP contribution in [0.3, 0.4) is 0 Å². The molecule has 0 aromatic heterocycles. The number of methoxy groups -OCH3 is 1. The second kappa shape index (κ2) is 9.51. The molecule has 1 aliphatic heterocycles. The largest absolute Gasteiger partial charge is 0.495 e. The van der Waals surface area contributed by atoms with Crippen LogP contribution in [-0.2, 0) is 9.59 Å². The molecule has 0 bridgehead atoms. The standard InChI is InChI=1S/C21H18ClNO5S2/c1-4-27-18-9-13(5-7-17(18)28-12(2)24)10-19-20(25)23(21(29)30-19)14-6-8-16(26-3)15(22)11-14/h5-11H,4H2,1-3H3/b19-10+. The first-order chi connectivity index (χ1) is 14.3. The summed E-state index contributed by atoms with van der Waals surface area (Å²) in [6.45, 7) is 3.55. The predicted octanol–water partition coefficient (Wildman–Crippen LogP) is 5.08. The fraction of sp³-hybridized carbons (Fsp3) is 0.190. The van der Waals surface area contributed by atoms with E-state index in [-0.39, 0.29) is 5.91 Å². The summed E-state index contributed by atoms with van der Waals surface area (Å²) in [6.07, 6.45) is 1.71.